The summed E-state index contributed by atoms with van der Waals surface area (Å²) in [6, 6.07) is 5.39. The molecule has 2 amide bonds. The van der Waals surface area contributed by atoms with Crippen LogP contribution in [0.25, 0.3) is 0 Å². The summed E-state index contributed by atoms with van der Waals surface area (Å²) in [5, 5.41) is -0.724. The number of carbonyl (C=O) groups is 7. The van der Waals surface area contributed by atoms with Crippen molar-refractivity contribution in [2.45, 2.75) is 54.6 Å². The molecule has 0 aliphatic heterocycles. The SMILES string of the molecule is CC(=O)OCC(CN(C(C)=O)C(OC(C)=O)(C(I)OC(C)=O)C(I)N(I)C(=O)c1ccc(C(=O)Cl)cc1)OC(C)=O. The number of rotatable bonds is 13. The number of esters is 4. The lowest BCUT2D eigenvalue weighted by molar-refractivity contribution is -0.213. The number of ether oxygens (including phenoxy) is 4. The maximum absolute atomic E-state index is 13.5. The van der Waals surface area contributed by atoms with Gasteiger partial charge in [0.15, 0.2) is 10.2 Å². The molecule has 17 heteroatoms. The second-order valence-electron chi connectivity index (χ2n) is 8.24. The minimum atomic E-state index is -2.21. The Hall–Kier alpha value is -1.81. The van der Waals surface area contributed by atoms with Crippen molar-refractivity contribution in [2.24, 2.45) is 0 Å². The Balaban J connectivity index is 3.77. The number of alkyl halides is 2. The van der Waals surface area contributed by atoms with Gasteiger partial charge in [-0.25, -0.2) is 0 Å². The number of hydrogen-bond donors (Lipinski definition) is 0. The molecule has 4 unspecified atom stereocenters. The van der Waals surface area contributed by atoms with E-state index in [-0.39, 0.29) is 11.1 Å². The Morgan fingerprint density at radius 1 is 0.829 bits per heavy atom. The molecular formula is C24H26ClI3N2O11. The van der Waals surface area contributed by atoms with E-state index in [1.807, 2.05) is 0 Å². The van der Waals surface area contributed by atoms with Gasteiger partial charge in [0, 0.05) is 45.7 Å². The summed E-state index contributed by atoms with van der Waals surface area (Å²) >= 11 is 10.5. The summed E-state index contributed by atoms with van der Waals surface area (Å²) < 4.78 is 19.8. The number of halogens is 4. The second-order valence-corrected chi connectivity index (χ2v) is 11.9. The maximum atomic E-state index is 13.5. The number of benzene rings is 1. The van der Waals surface area contributed by atoms with Gasteiger partial charge in [-0.1, -0.05) is 22.6 Å². The van der Waals surface area contributed by atoms with Crippen LogP contribution in [-0.4, -0.2) is 82.1 Å². The monoisotopic (exact) mass is 934 g/mol. The van der Waals surface area contributed by atoms with E-state index in [2.05, 4.69) is 0 Å². The van der Waals surface area contributed by atoms with Crippen LogP contribution in [0.4, 0.5) is 0 Å². The summed E-state index contributed by atoms with van der Waals surface area (Å²) in [5.41, 5.74) is -1.95. The molecule has 0 saturated heterocycles. The summed E-state index contributed by atoms with van der Waals surface area (Å²) in [7, 11) is 0. The van der Waals surface area contributed by atoms with E-state index in [1.54, 1.807) is 68.0 Å². The zero-order chi connectivity index (χ0) is 31.7. The Morgan fingerprint density at radius 3 is 1.76 bits per heavy atom. The van der Waals surface area contributed by atoms with Gasteiger partial charge in [0.25, 0.3) is 16.9 Å². The molecule has 0 N–H and O–H groups in total. The molecular weight excluding hydrogens is 908 g/mol. The molecule has 4 atom stereocenters. The third kappa shape index (κ3) is 10.8. The molecule has 0 aliphatic carbocycles. The van der Waals surface area contributed by atoms with Crippen LogP contribution in [0.5, 0.6) is 0 Å². The lowest BCUT2D eigenvalue weighted by Gasteiger charge is -2.48. The molecule has 13 nitrogen and oxygen atoms in total. The van der Waals surface area contributed by atoms with Crippen molar-refractivity contribution in [3.63, 3.8) is 0 Å². The van der Waals surface area contributed by atoms with Gasteiger partial charge < -0.3 is 18.9 Å². The van der Waals surface area contributed by atoms with Crippen molar-refractivity contribution in [3.8, 4) is 0 Å². The highest BCUT2D eigenvalue weighted by molar-refractivity contribution is 14.1. The molecule has 0 saturated carbocycles. The molecule has 0 spiro atoms. The average Bonchev–Trinajstić information content (AvgIpc) is 2.86. The van der Waals surface area contributed by atoms with Gasteiger partial charge in [0.1, 0.15) is 6.61 Å². The van der Waals surface area contributed by atoms with E-state index < -0.39 is 74.1 Å². The second kappa shape index (κ2) is 16.7. The summed E-state index contributed by atoms with van der Waals surface area (Å²) in [6.45, 7) is 4.55. The lowest BCUT2D eigenvalue weighted by Crippen LogP contribution is -2.69. The first-order valence-electron chi connectivity index (χ1n) is 11.5. The third-order valence-corrected chi connectivity index (χ3v) is 9.86. The fraction of sp³-hybridized carbons (Fsp3) is 0.458. The third-order valence-electron chi connectivity index (χ3n) is 4.99. The van der Waals surface area contributed by atoms with Crippen molar-refractivity contribution in [3.05, 3.63) is 35.4 Å². The minimum absolute atomic E-state index is 0.110. The van der Waals surface area contributed by atoms with Crippen LogP contribution in [0, 0.1) is 0 Å². The van der Waals surface area contributed by atoms with E-state index in [4.69, 9.17) is 30.5 Å². The van der Waals surface area contributed by atoms with Crippen molar-refractivity contribution >= 4 is 121 Å². The highest BCUT2D eigenvalue weighted by Crippen LogP contribution is 2.41. The van der Waals surface area contributed by atoms with Crippen LogP contribution in [0.15, 0.2) is 24.3 Å². The van der Waals surface area contributed by atoms with Crippen molar-refractivity contribution in [2.75, 3.05) is 13.2 Å². The van der Waals surface area contributed by atoms with Gasteiger partial charge in [0.05, 0.1) is 29.4 Å². The van der Waals surface area contributed by atoms with Gasteiger partial charge in [-0.15, -0.1) is 0 Å². The smallest absolute Gasteiger partial charge is 0.305 e. The standard InChI is InChI=1S/C24H26ClI3N2O11/c1-12(31)29(10-19(39-14(3)33)11-38-13(2)32)24(41-16(5)35,23(27)40-15(4)34)22(26)30(28)21(37)18-8-6-17(7-9-18)20(25)36/h6-9,19,22-23H,10-11H2,1-5H3. The van der Waals surface area contributed by atoms with E-state index in [9.17, 15) is 33.6 Å². The molecule has 0 radical (unpaired) electrons. The van der Waals surface area contributed by atoms with Crippen molar-refractivity contribution in [1.82, 2.24) is 8.01 Å². The molecule has 0 aliphatic rings. The predicted octanol–water partition coefficient (Wildman–Crippen LogP) is 3.55. The fourth-order valence-corrected chi connectivity index (χ4v) is 7.09. The quantitative estimate of drug-likeness (QED) is 0.0416. The molecule has 1 rings (SSSR count). The average molecular weight is 935 g/mol. The van der Waals surface area contributed by atoms with Crippen molar-refractivity contribution < 1.29 is 52.5 Å². The number of nitrogens with zero attached hydrogens (tertiary/aromatic N) is 2. The molecule has 1 aromatic carbocycles. The summed E-state index contributed by atoms with van der Waals surface area (Å²) in [6.07, 6.45) is -1.24. The van der Waals surface area contributed by atoms with E-state index in [1.165, 1.54) is 24.3 Å². The first-order chi connectivity index (χ1) is 18.9. The number of hydrogen-bond acceptors (Lipinski definition) is 11. The molecule has 0 bridgehead atoms. The molecule has 41 heavy (non-hydrogen) atoms. The van der Waals surface area contributed by atoms with E-state index in [0.717, 1.165) is 42.6 Å². The molecule has 1 aromatic rings. The zero-order valence-electron chi connectivity index (χ0n) is 22.4. The molecule has 0 aromatic heterocycles. The highest BCUT2D eigenvalue weighted by Gasteiger charge is 2.58. The van der Waals surface area contributed by atoms with E-state index in [0.29, 0.717) is 0 Å². The van der Waals surface area contributed by atoms with Gasteiger partial charge in [-0.2, -0.15) is 0 Å². The Bertz CT molecular complexity index is 1180. The van der Waals surface area contributed by atoms with Gasteiger partial charge >= 0.3 is 23.9 Å². The van der Waals surface area contributed by atoms with Crippen LogP contribution in [0.1, 0.15) is 55.3 Å². The van der Waals surface area contributed by atoms with E-state index >= 15 is 0 Å². The lowest BCUT2D eigenvalue weighted by atomic mass is 10.1. The summed E-state index contributed by atoms with van der Waals surface area (Å²) in [4.78, 5) is 86.9. The largest absolute Gasteiger partial charge is 0.462 e. The Kier molecular flexibility index (Phi) is 15.2. The fourth-order valence-electron chi connectivity index (χ4n) is 3.39. The first kappa shape index (κ1) is 37.2. The van der Waals surface area contributed by atoms with Gasteiger partial charge in [-0.3, -0.25) is 41.6 Å². The topological polar surface area (TPSA) is 163 Å². The minimum Gasteiger partial charge on any atom is -0.462 e. The maximum Gasteiger partial charge on any atom is 0.305 e. The zero-order valence-corrected chi connectivity index (χ0v) is 29.6. The predicted molar refractivity (Wildman–Crippen MR) is 168 cm³/mol. The Labute approximate surface area is 282 Å². The van der Waals surface area contributed by atoms with Crippen LogP contribution < -0.4 is 0 Å². The van der Waals surface area contributed by atoms with Crippen LogP contribution >= 0.6 is 79.6 Å². The van der Waals surface area contributed by atoms with Crippen LogP contribution in [0.3, 0.4) is 0 Å². The summed E-state index contributed by atoms with van der Waals surface area (Å²) in [5.74, 6) is -4.52. The molecule has 0 heterocycles. The Morgan fingerprint density at radius 2 is 1.34 bits per heavy atom. The van der Waals surface area contributed by atoms with Crippen LogP contribution in [-0.2, 0) is 42.9 Å². The van der Waals surface area contributed by atoms with Crippen molar-refractivity contribution in [1.29, 1.82) is 0 Å². The normalized spacial score (nSPS) is 14.3. The van der Waals surface area contributed by atoms with Gasteiger partial charge in [-0.05, 0) is 58.5 Å². The molecule has 0 fully saturated rings. The first-order valence-corrected chi connectivity index (χ1v) is 15.3. The highest BCUT2D eigenvalue weighted by atomic mass is 127. The molecule has 226 valence electrons. The number of carbonyl (C=O) groups excluding carboxylic acids is 7. The van der Waals surface area contributed by atoms with Gasteiger partial charge in [0.2, 0.25) is 10.0 Å². The number of amides is 2. The van der Waals surface area contributed by atoms with Crippen LogP contribution in [0.2, 0.25) is 0 Å².